The van der Waals surface area contributed by atoms with Gasteiger partial charge in [0.2, 0.25) is 11.8 Å². The summed E-state index contributed by atoms with van der Waals surface area (Å²) in [7, 11) is 0. The molecule has 0 saturated carbocycles. The van der Waals surface area contributed by atoms with E-state index in [9.17, 15) is 14.4 Å². The zero-order valence-electron chi connectivity index (χ0n) is 11.7. The molecule has 0 spiro atoms. The maximum Gasteiger partial charge on any atom is 0.247 e. The summed E-state index contributed by atoms with van der Waals surface area (Å²) in [6.07, 6.45) is 1.49. The van der Waals surface area contributed by atoms with Gasteiger partial charge in [-0.15, -0.1) is 0 Å². The van der Waals surface area contributed by atoms with Gasteiger partial charge in [-0.2, -0.15) is 0 Å². The van der Waals surface area contributed by atoms with Crippen LogP contribution in [-0.4, -0.2) is 24.1 Å². The molecule has 0 bridgehead atoms. The molecule has 112 valence electrons. The number of para-hydroxylation sites is 1. The summed E-state index contributed by atoms with van der Waals surface area (Å²) in [5.41, 5.74) is 0.613. The highest BCUT2D eigenvalue weighted by Crippen LogP contribution is 2.23. The number of carbonyl (C=O) groups excluding carboxylic acids is 3. The number of benzene rings is 1. The molecule has 0 unspecified atom stereocenters. The van der Waals surface area contributed by atoms with E-state index in [0.717, 1.165) is 0 Å². The lowest BCUT2D eigenvalue weighted by Gasteiger charge is -2.15. The van der Waals surface area contributed by atoms with Crippen LogP contribution in [0, 0.1) is 5.92 Å². The van der Waals surface area contributed by atoms with Crippen LogP contribution in [0.2, 0.25) is 0 Å². The van der Waals surface area contributed by atoms with E-state index in [2.05, 4.69) is 5.32 Å². The number of rotatable bonds is 4. The van der Waals surface area contributed by atoms with Gasteiger partial charge in [0, 0.05) is 5.69 Å². The fraction of sp³-hybridized carbons (Fsp3) is 0.188. The van der Waals surface area contributed by atoms with E-state index in [1.165, 1.54) is 11.2 Å². The van der Waals surface area contributed by atoms with E-state index in [-0.39, 0.29) is 13.1 Å². The van der Waals surface area contributed by atoms with Crippen LogP contribution in [0.4, 0.5) is 5.69 Å². The Balaban J connectivity index is 1.70. The summed E-state index contributed by atoms with van der Waals surface area (Å²) in [6, 6.07) is 12.2. The molecule has 1 aromatic heterocycles. The normalized spacial score (nSPS) is 17.8. The summed E-state index contributed by atoms with van der Waals surface area (Å²) in [5.74, 6) is -2.20. The third-order valence-electron chi connectivity index (χ3n) is 3.50. The van der Waals surface area contributed by atoms with Crippen LogP contribution < -0.4 is 10.2 Å². The molecule has 6 heteroatoms. The third-order valence-corrected chi connectivity index (χ3v) is 3.50. The van der Waals surface area contributed by atoms with Gasteiger partial charge in [0.25, 0.3) is 0 Å². The highest BCUT2D eigenvalue weighted by Gasteiger charge is 2.44. The van der Waals surface area contributed by atoms with Gasteiger partial charge in [-0.3, -0.25) is 14.4 Å². The minimum Gasteiger partial charge on any atom is -0.467 e. The molecule has 1 fully saturated rings. The second-order valence-electron chi connectivity index (χ2n) is 4.96. The van der Waals surface area contributed by atoms with E-state index in [1.54, 1.807) is 36.4 Å². The first kappa shape index (κ1) is 14.1. The fourth-order valence-electron chi connectivity index (χ4n) is 2.39. The lowest BCUT2D eigenvalue weighted by molar-refractivity contribution is -0.137. The molecule has 0 radical (unpaired) electrons. The van der Waals surface area contributed by atoms with Gasteiger partial charge in [-0.25, -0.2) is 0 Å². The Labute approximate surface area is 126 Å². The Kier molecular flexibility index (Phi) is 3.74. The number of anilines is 1. The Hall–Kier alpha value is -2.89. The number of amides is 2. The van der Waals surface area contributed by atoms with Gasteiger partial charge in [-0.05, 0) is 24.3 Å². The summed E-state index contributed by atoms with van der Waals surface area (Å²) in [6.45, 7) is 0.0654. The molecule has 1 saturated heterocycles. The zero-order chi connectivity index (χ0) is 15.5. The first-order valence-electron chi connectivity index (χ1n) is 6.86. The van der Waals surface area contributed by atoms with Crippen molar-refractivity contribution >= 4 is 23.3 Å². The molecule has 6 nitrogen and oxygen atoms in total. The SMILES string of the molecule is O=C1CN(c2ccccc2)C(=O)[C@@H]1C(=O)NCc1ccco1. The van der Waals surface area contributed by atoms with Crippen molar-refractivity contribution in [2.24, 2.45) is 5.92 Å². The number of furan rings is 1. The number of carbonyl (C=O) groups is 3. The molecule has 1 aromatic carbocycles. The summed E-state index contributed by atoms with van der Waals surface area (Å²) < 4.78 is 5.10. The molecule has 2 aromatic rings. The quantitative estimate of drug-likeness (QED) is 0.858. The van der Waals surface area contributed by atoms with Crippen LogP contribution in [-0.2, 0) is 20.9 Å². The van der Waals surface area contributed by atoms with Crippen molar-refractivity contribution in [1.29, 1.82) is 0 Å². The Morgan fingerprint density at radius 1 is 1.18 bits per heavy atom. The number of nitrogens with zero attached hydrogens (tertiary/aromatic N) is 1. The van der Waals surface area contributed by atoms with Gasteiger partial charge < -0.3 is 14.6 Å². The minimum absolute atomic E-state index is 0.0817. The Morgan fingerprint density at radius 2 is 1.95 bits per heavy atom. The van der Waals surface area contributed by atoms with Gasteiger partial charge >= 0.3 is 0 Å². The Morgan fingerprint density at radius 3 is 2.64 bits per heavy atom. The van der Waals surface area contributed by atoms with Crippen molar-refractivity contribution in [1.82, 2.24) is 5.32 Å². The van der Waals surface area contributed by atoms with Gasteiger partial charge in [0.15, 0.2) is 11.7 Å². The lowest BCUT2D eigenvalue weighted by Crippen LogP contribution is -2.38. The molecule has 1 atom stereocenters. The molecule has 1 aliphatic rings. The number of ketones is 1. The number of hydrogen-bond donors (Lipinski definition) is 1. The predicted molar refractivity (Wildman–Crippen MR) is 77.8 cm³/mol. The van der Waals surface area contributed by atoms with Crippen molar-refractivity contribution in [3.63, 3.8) is 0 Å². The van der Waals surface area contributed by atoms with Crippen LogP contribution in [0.1, 0.15) is 5.76 Å². The summed E-state index contributed by atoms with van der Waals surface area (Å²) in [5, 5.41) is 2.56. The monoisotopic (exact) mass is 298 g/mol. The molecule has 1 aliphatic heterocycles. The standard InChI is InChI=1S/C16H14N2O4/c19-13-10-18(11-5-2-1-3-6-11)16(21)14(13)15(20)17-9-12-7-4-8-22-12/h1-8,14H,9-10H2,(H,17,20)/t14-/m0/s1. The fourth-order valence-corrected chi connectivity index (χ4v) is 2.39. The van der Waals surface area contributed by atoms with Crippen molar-refractivity contribution < 1.29 is 18.8 Å². The Bertz CT molecular complexity index is 694. The molecule has 0 aliphatic carbocycles. The topological polar surface area (TPSA) is 79.6 Å². The van der Waals surface area contributed by atoms with Crippen molar-refractivity contribution in [2.75, 3.05) is 11.4 Å². The average Bonchev–Trinajstić information content (AvgIpc) is 3.14. The van der Waals surface area contributed by atoms with Gasteiger partial charge in [0.1, 0.15) is 5.76 Å². The van der Waals surface area contributed by atoms with E-state index in [4.69, 9.17) is 4.42 Å². The zero-order valence-corrected chi connectivity index (χ0v) is 11.7. The molecule has 2 heterocycles. The number of hydrogen-bond acceptors (Lipinski definition) is 4. The molecule has 3 rings (SSSR count). The maximum absolute atomic E-state index is 12.3. The van der Waals surface area contributed by atoms with Crippen LogP contribution in [0.3, 0.4) is 0 Å². The van der Waals surface area contributed by atoms with E-state index in [0.29, 0.717) is 11.4 Å². The second kappa shape index (κ2) is 5.85. The highest BCUT2D eigenvalue weighted by molar-refractivity contribution is 6.28. The van der Waals surface area contributed by atoms with Gasteiger partial charge in [0.05, 0.1) is 19.4 Å². The molecular weight excluding hydrogens is 284 g/mol. The third kappa shape index (κ3) is 2.63. The number of Topliss-reactive ketones (excluding diaryl/α,β-unsaturated/α-hetero) is 1. The number of nitrogens with one attached hydrogen (secondary N) is 1. The van der Waals surface area contributed by atoms with Gasteiger partial charge in [-0.1, -0.05) is 18.2 Å². The highest BCUT2D eigenvalue weighted by atomic mass is 16.3. The van der Waals surface area contributed by atoms with E-state index in [1.807, 2.05) is 6.07 Å². The summed E-state index contributed by atoms with van der Waals surface area (Å²) in [4.78, 5) is 37.8. The predicted octanol–water partition coefficient (Wildman–Crippen LogP) is 1.13. The second-order valence-corrected chi connectivity index (χ2v) is 4.96. The first-order valence-corrected chi connectivity index (χ1v) is 6.86. The lowest BCUT2D eigenvalue weighted by atomic mass is 10.1. The van der Waals surface area contributed by atoms with Crippen LogP contribution in [0.5, 0.6) is 0 Å². The molecule has 2 amide bonds. The van der Waals surface area contributed by atoms with Crippen molar-refractivity contribution in [3.05, 3.63) is 54.5 Å². The van der Waals surface area contributed by atoms with Crippen LogP contribution in [0.15, 0.2) is 53.1 Å². The first-order chi connectivity index (χ1) is 10.7. The smallest absolute Gasteiger partial charge is 0.247 e. The minimum atomic E-state index is -1.28. The summed E-state index contributed by atoms with van der Waals surface area (Å²) >= 11 is 0. The largest absolute Gasteiger partial charge is 0.467 e. The van der Waals surface area contributed by atoms with E-state index >= 15 is 0 Å². The molecular formula is C16H14N2O4. The maximum atomic E-state index is 12.3. The van der Waals surface area contributed by atoms with E-state index < -0.39 is 23.5 Å². The van der Waals surface area contributed by atoms with Crippen LogP contribution in [0.25, 0.3) is 0 Å². The molecule has 1 N–H and O–H groups in total. The molecule has 22 heavy (non-hydrogen) atoms. The average molecular weight is 298 g/mol. The van der Waals surface area contributed by atoms with Crippen LogP contribution >= 0.6 is 0 Å². The van der Waals surface area contributed by atoms with Crippen molar-refractivity contribution in [3.8, 4) is 0 Å². The van der Waals surface area contributed by atoms with Crippen molar-refractivity contribution in [2.45, 2.75) is 6.54 Å².